The summed E-state index contributed by atoms with van der Waals surface area (Å²) in [5.74, 6) is 1.26. The summed E-state index contributed by atoms with van der Waals surface area (Å²) >= 11 is 0. The SMILES string of the molecule is COc1cccc(CN2CCOC[C@@H]2[C@H]2CCC[C@@H]2O)c1. The molecule has 1 aliphatic carbocycles. The highest BCUT2D eigenvalue weighted by atomic mass is 16.5. The van der Waals surface area contributed by atoms with Gasteiger partial charge < -0.3 is 14.6 Å². The first-order valence-corrected chi connectivity index (χ1v) is 7.90. The van der Waals surface area contributed by atoms with E-state index in [0.717, 1.165) is 51.3 Å². The van der Waals surface area contributed by atoms with Crippen LogP contribution < -0.4 is 4.74 Å². The van der Waals surface area contributed by atoms with E-state index >= 15 is 0 Å². The zero-order valence-corrected chi connectivity index (χ0v) is 12.7. The van der Waals surface area contributed by atoms with Gasteiger partial charge in [-0.25, -0.2) is 0 Å². The Morgan fingerprint density at radius 3 is 3.05 bits per heavy atom. The van der Waals surface area contributed by atoms with Crippen LogP contribution in [0.5, 0.6) is 5.75 Å². The third-order valence-electron chi connectivity index (χ3n) is 4.83. The van der Waals surface area contributed by atoms with E-state index in [1.54, 1.807) is 7.11 Å². The van der Waals surface area contributed by atoms with Gasteiger partial charge >= 0.3 is 0 Å². The van der Waals surface area contributed by atoms with E-state index in [0.29, 0.717) is 12.0 Å². The lowest BCUT2D eigenvalue weighted by Gasteiger charge is -2.40. The van der Waals surface area contributed by atoms with E-state index in [9.17, 15) is 5.11 Å². The molecule has 0 bridgehead atoms. The van der Waals surface area contributed by atoms with Crippen molar-refractivity contribution in [2.45, 2.75) is 38.0 Å². The third-order valence-corrected chi connectivity index (χ3v) is 4.83. The highest BCUT2D eigenvalue weighted by Crippen LogP contribution is 2.33. The molecule has 0 spiro atoms. The summed E-state index contributed by atoms with van der Waals surface area (Å²) in [6.07, 6.45) is 3.03. The van der Waals surface area contributed by atoms with Crippen LogP contribution >= 0.6 is 0 Å². The van der Waals surface area contributed by atoms with Crippen LogP contribution in [0.3, 0.4) is 0 Å². The predicted octanol–water partition coefficient (Wildman–Crippen LogP) is 2.06. The molecule has 1 heterocycles. The van der Waals surface area contributed by atoms with Crippen LogP contribution in [0.25, 0.3) is 0 Å². The third kappa shape index (κ3) is 3.39. The second kappa shape index (κ2) is 6.77. The van der Waals surface area contributed by atoms with Crippen molar-refractivity contribution in [2.24, 2.45) is 5.92 Å². The van der Waals surface area contributed by atoms with Gasteiger partial charge in [0.15, 0.2) is 0 Å². The summed E-state index contributed by atoms with van der Waals surface area (Å²) in [5.41, 5.74) is 1.26. The van der Waals surface area contributed by atoms with E-state index < -0.39 is 0 Å². The molecule has 3 atom stereocenters. The second-order valence-corrected chi connectivity index (χ2v) is 6.13. The largest absolute Gasteiger partial charge is 0.497 e. The summed E-state index contributed by atoms with van der Waals surface area (Å²) in [6, 6.07) is 8.58. The van der Waals surface area contributed by atoms with Gasteiger partial charge in [0.25, 0.3) is 0 Å². The number of hydrogen-bond acceptors (Lipinski definition) is 4. The predicted molar refractivity (Wildman–Crippen MR) is 81.4 cm³/mol. The van der Waals surface area contributed by atoms with Gasteiger partial charge in [0.2, 0.25) is 0 Å². The summed E-state index contributed by atoms with van der Waals surface area (Å²) in [7, 11) is 1.70. The highest BCUT2D eigenvalue weighted by Gasteiger charge is 2.37. The molecule has 0 unspecified atom stereocenters. The van der Waals surface area contributed by atoms with E-state index in [4.69, 9.17) is 9.47 Å². The topological polar surface area (TPSA) is 41.9 Å². The molecule has 0 aromatic heterocycles. The van der Waals surface area contributed by atoms with Crippen molar-refractivity contribution in [2.75, 3.05) is 26.9 Å². The lowest BCUT2D eigenvalue weighted by Crippen LogP contribution is -2.50. The molecule has 116 valence electrons. The first-order valence-electron chi connectivity index (χ1n) is 7.90. The molecule has 21 heavy (non-hydrogen) atoms. The molecule has 0 radical (unpaired) electrons. The number of ether oxygens (including phenoxy) is 2. The molecule has 1 saturated heterocycles. The molecule has 1 aromatic carbocycles. The zero-order chi connectivity index (χ0) is 14.7. The Kier molecular flexibility index (Phi) is 4.78. The van der Waals surface area contributed by atoms with Gasteiger partial charge in [-0.3, -0.25) is 4.90 Å². The monoisotopic (exact) mass is 291 g/mol. The highest BCUT2D eigenvalue weighted by molar-refractivity contribution is 5.28. The fourth-order valence-electron chi connectivity index (χ4n) is 3.67. The summed E-state index contributed by atoms with van der Waals surface area (Å²) in [4.78, 5) is 2.47. The Morgan fingerprint density at radius 1 is 1.38 bits per heavy atom. The van der Waals surface area contributed by atoms with Gasteiger partial charge in [0, 0.05) is 25.0 Å². The van der Waals surface area contributed by atoms with Crippen molar-refractivity contribution >= 4 is 0 Å². The molecule has 3 rings (SSSR count). The van der Waals surface area contributed by atoms with Crippen molar-refractivity contribution in [3.63, 3.8) is 0 Å². The zero-order valence-electron chi connectivity index (χ0n) is 12.7. The minimum Gasteiger partial charge on any atom is -0.497 e. The number of methoxy groups -OCH3 is 1. The fraction of sp³-hybridized carbons (Fsp3) is 0.647. The van der Waals surface area contributed by atoms with Crippen LogP contribution in [0, 0.1) is 5.92 Å². The fourth-order valence-corrected chi connectivity index (χ4v) is 3.67. The number of benzene rings is 1. The summed E-state index contributed by atoms with van der Waals surface area (Å²) < 4.78 is 11.0. The lowest BCUT2D eigenvalue weighted by molar-refractivity contribution is -0.0536. The molecule has 2 aliphatic rings. The van der Waals surface area contributed by atoms with Crippen LogP contribution in [0.4, 0.5) is 0 Å². The van der Waals surface area contributed by atoms with Crippen molar-refractivity contribution in [1.82, 2.24) is 4.90 Å². The molecule has 1 aromatic rings. The lowest BCUT2D eigenvalue weighted by atomic mass is 9.94. The van der Waals surface area contributed by atoms with Crippen molar-refractivity contribution in [1.29, 1.82) is 0 Å². The first-order chi connectivity index (χ1) is 10.3. The standard InChI is InChI=1S/C17H25NO3/c1-20-14-5-2-4-13(10-14)11-18-8-9-21-12-16(18)15-6-3-7-17(15)19/h2,4-5,10,15-17,19H,3,6-9,11-12H2,1H3/t15-,16-,17+/m1/s1. The van der Waals surface area contributed by atoms with Gasteiger partial charge in [-0.1, -0.05) is 18.6 Å². The molecule has 1 N–H and O–H groups in total. The van der Waals surface area contributed by atoms with Crippen molar-refractivity contribution in [3.8, 4) is 5.75 Å². The average molecular weight is 291 g/mol. The molecule has 2 fully saturated rings. The Labute approximate surface area is 126 Å². The summed E-state index contributed by atoms with van der Waals surface area (Å²) in [5, 5.41) is 10.2. The van der Waals surface area contributed by atoms with Crippen LogP contribution in [0.1, 0.15) is 24.8 Å². The molecular weight excluding hydrogens is 266 g/mol. The van der Waals surface area contributed by atoms with Crippen molar-refractivity contribution < 1.29 is 14.6 Å². The van der Waals surface area contributed by atoms with Crippen molar-refractivity contribution in [3.05, 3.63) is 29.8 Å². The van der Waals surface area contributed by atoms with Gasteiger partial charge in [0.1, 0.15) is 5.75 Å². The smallest absolute Gasteiger partial charge is 0.119 e. The number of aliphatic hydroxyl groups excluding tert-OH is 1. The van der Waals surface area contributed by atoms with Crippen LogP contribution in [0.2, 0.25) is 0 Å². The van der Waals surface area contributed by atoms with Crippen LogP contribution in [0.15, 0.2) is 24.3 Å². The maximum Gasteiger partial charge on any atom is 0.119 e. The number of nitrogens with zero attached hydrogens (tertiary/aromatic N) is 1. The average Bonchev–Trinajstić information content (AvgIpc) is 2.94. The van der Waals surface area contributed by atoms with Gasteiger partial charge in [-0.15, -0.1) is 0 Å². The number of aliphatic hydroxyl groups is 1. The van der Waals surface area contributed by atoms with E-state index in [2.05, 4.69) is 17.0 Å². The Balaban J connectivity index is 1.71. The quantitative estimate of drug-likeness (QED) is 0.922. The minimum absolute atomic E-state index is 0.162. The molecule has 4 heteroatoms. The second-order valence-electron chi connectivity index (χ2n) is 6.13. The van der Waals surface area contributed by atoms with Gasteiger partial charge in [0.05, 0.1) is 26.4 Å². The molecule has 0 amide bonds. The minimum atomic E-state index is -0.162. The molecule has 1 saturated carbocycles. The summed E-state index contributed by atoms with van der Waals surface area (Å²) in [6.45, 7) is 3.36. The Morgan fingerprint density at radius 2 is 2.29 bits per heavy atom. The first kappa shape index (κ1) is 14.8. The Hall–Kier alpha value is -1.10. The van der Waals surface area contributed by atoms with Crippen LogP contribution in [-0.4, -0.2) is 49.0 Å². The van der Waals surface area contributed by atoms with E-state index in [-0.39, 0.29) is 6.10 Å². The van der Waals surface area contributed by atoms with E-state index in [1.165, 1.54) is 5.56 Å². The molecule has 1 aliphatic heterocycles. The Bertz CT molecular complexity index is 465. The number of morpholine rings is 1. The number of rotatable bonds is 4. The van der Waals surface area contributed by atoms with Gasteiger partial charge in [-0.05, 0) is 30.5 Å². The maximum absolute atomic E-state index is 10.2. The molecule has 4 nitrogen and oxygen atoms in total. The maximum atomic E-state index is 10.2. The number of hydrogen-bond donors (Lipinski definition) is 1. The van der Waals surface area contributed by atoms with E-state index in [1.807, 2.05) is 12.1 Å². The molecular formula is C17H25NO3. The van der Waals surface area contributed by atoms with Gasteiger partial charge in [-0.2, -0.15) is 0 Å². The normalized spacial score (nSPS) is 30.5. The van der Waals surface area contributed by atoms with Crippen LogP contribution in [-0.2, 0) is 11.3 Å².